The van der Waals surface area contributed by atoms with Crippen LogP contribution in [0.15, 0.2) is 11.1 Å². The van der Waals surface area contributed by atoms with Gasteiger partial charge in [0.2, 0.25) is 5.91 Å². The Labute approximate surface area is 86.0 Å². The van der Waals surface area contributed by atoms with E-state index in [0.29, 0.717) is 5.92 Å². The van der Waals surface area contributed by atoms with Crippen LogP contribution in [0.2, 0.25) is 0 Å². The maximum Gasteiger partial charge on any atom is 0.247 e. The number of carbonyl (C=O) groups excluding carboxylic acids is 1. The monoisotopic (exact) mass is 196 g/mol. The first kappa shape index (κ1) is 11.2. The third kappa shape index (κ3) is 2.58. The summed E-state index contributed by atoms with van der Waals surface area (Å²) in [5.41, 5.74) is 2.12. The third-order valence-corrected chi connectivity index (χ3v) is 2.91. The van der Waals surface area contributed by atoms with E-state index in [2.05, 4.69) is 24.5 Å². The Morgan fingerprint density at radius 1 is 1.36 bits per heavy atom. The lowest BCUT2D eigenvalue weighted by Crippen LogP contribution is -2.41. The molecular weight excluding hydrogens is 176 g/mol. The molecule has 0 aromatic heterocycles. The van der Waals surface area contributed by atoms with Gasteiger partial charge in [-0.2, -0.15) is 0 Å². The Hall–Kier alpha value is -0.830. The number of hydrogen-bond acceptors (Lipinski definition) is 2. The van der Waals surface area contributed by atoms with Crippen molar-refractivity contribution < 1.29 is 4.79 Å². The van der Waals surface area contributed by atoms with Gasteiger partial charge in [-0.3, -0.25) is 4.79 Å². The molecule has 1 amide bonds. The van der Waals surface area contributed by atoms with Gasteiger partial charge < -0.3 is 10.6 Å². The molecule has 1 saturated heterocycles. The van der Waals surface area contributed by atoms with E-state index in [1.807, 2.05) is 13.8 Å². The zero-order valence-corrected chi connectivity index (χ0v) is 9.48. The van der Waals surface area contributed by atoms with Crippen LogP contribution in [0.3, 0.4) is 0 Å². The Kier molecular flexibility index (Phi) is 3.69. The van der Waals surface area contributed by atoms with Crippen molar-refractivity contribution in [2.75, 3.05) is 13.1 Å². The summed E-state index contributed by atoms with van der Waals surface area (Å²) in [5, 5.41) is 6.14. The van der Waals surface area contributed by atoms with E-state index < -0.39 is 0 Å². The van der Waals surface area contributed by atoms with Gasteiger partial charge in [0.15, 0.2) is 0 Å². The van der Waals surface area contributed by atoms with Gasteiger partial charge in [-0.25, -0.2) is 0 Å². The summed E-state index contributed by atoms with van der Waals surface area (Å²) < 4.78 is 0. The van der Waals surface area contributed by atoms with Gasteiger partial charge in [0, 0.05) is 24.7 Å². The topological polar surface area (TPSA) is 41.1 Å². The first-order valence-corrected chi connectivity index (χ1v) is 5.22. The van der Waals surface area contributed by atoms with Crippen LogP contribution >= 0.6 is 0 Å². The molecule has 0 aromatic carbocycles. The summed E-state index contributed by atoms with van der Waals surface area (Å²) in [6.07, 6.45) is 0. The van der Waals surface area contributed by atoms with Gasteiger partial charge in [0.05, 0.1) is 0 Å². The van der Waals surface area contributed by atoms with Gasteiger partial charge in [-0.15, -0.1) is 0 Å². The Morgan fingerprint density at radius 3 is 2.29 bits per heavy atom. The number of carbonyl (C=O) groups is 1. The number of nitrogens with one attached hydrogen (secondary N) is 2. The van der Waals surface area contributed by atoms with Crippen LogP contribution in [0.25, 0.3) is 0 Å². The Balaban J connectivity index is 2.49. The fourth-order valence-electron chi connectivity index (χ4n) is 1.16. The zero-order valence-electron chi connectivity index (χ0n) is 9.48. The second-order valence-electron chi connectivity index (χ2n) is 4.34. The Morgan fingerprint density at radius 2 is 1.93 bits per heavy atom. The maximum absolute atomic E-state index is 11.7. The van der Waals surface area contributed by atoms with E-state index in [-0.39, 0.29) is 11.9 Å². The molecule has 0 bridgehead atoms. The highest BCUT2D eigenvalue weighted by Crippen LogP contribution is 2.09. The smallest absolute Gasteiger partial charge is 0.247 e. The van der Waals surface area contributed by atoms with Crippen molar-refractivity contribution in [3.8, 4) is 0 Å². The molecule has 0 radical (unpaired) electrons. The fraction of sp³-hybridized carbons (Fsp3) is 0.727. The predicted octanol–water partition coefficient (Wildman–Crippen LogP) is 1.07. The largest absolute Gasteiger partial charge is 0.350 e. The summed E-state index contributed by atoms with van der Waals surface area (Å²) in [6, 6.07) is 0.242. The zero-order chi connectivity index (χ0) is 10.7. The van der Waals surface area contributed by atoms with Crippen LogP contribution in [-0.2, 0) is 4.79 Å². The lowest BCUT2D eigenvalue weighted by atomic mass is 10.0. The van der Waals surface area contributed by atoms with E-state index in [4.69, 9.17) is 0 Å². The highest BCUT2D eigenvalue weighted by molar-refractivity contribution is 5.94. The Bertz CT molecular complexity index is 250. The quantitative estimate of drug-likeness (QED) is 0.663. The van der Waals surface area contributed by atoms with Crippen molar-refractivity contribution in [1.29, 1.82) is 0 Å². The van der Waals surface area contributed by atoms with Crippen LogP contribution in [0.4, 0.5) is 0 Å². The van der Waals surface area contributed by atoms with E-state index in [1.165, 1.54) is 5.57 Å². The molecule has 1 aliphatic rings. The van der Waals surface area contributed by atoms with Crippen LogP contribution in [-0.4, -0.2) is 25.0 Å². The molecule has 3 heteroatoms. The summed E-state index contributed by atoms with van der Waals surface area (Å²) >= 11 is 0. The minimum Gasteiger partial charge on any atom is -0.350 e. The number of amides is 1. The minimum absolute atomic E-state index is 0.0858. The molecule has 0 aromatic rings. The van der Waals surface area contributed by atoms with E-state index in [9.17, 15) is 4.79 Å². The van der Waals surface area contributed by atoms with Gasteiger partial charge in [-0.1, -0.05) is 13.8 Å². The van der Waals surface area contributed by atoms with Crippen molar-refractivity contribution in [3.05, 3.63) is 11.1 Å². The van der Waals surface area contributed by atoms with Crippen molar-refractivity contribution in [3.63, 3.8) is 0 Å². The molecule has 80 valence electrons. The lowest BCUT2D eigenvalue weighted by molar-refractivity contribution is -0.118. The highest BCUT2D eigenvalue weighted by atomic mass is 16.1. The van der Waals surface area contributed by atoms with Gasteiger partial charge >= 0.3 is 0 Å². The molecule has 0 spiro atoms. The molecule has 0 aliphatic carbocycles. The van der Waals surface area contributed by atoms with Crippen LogP contribution in [0.1, 0.15) is 27.7 Å². The molecule has 1 unspecified atom stereocenters. The van der Waals surface area contributed by atoms with Crippen LogP contribution in [0, 0.1) is 5.92 Å². The molecule has 3 nitrogen and oxygen atoms in total. The predicted molar refractivity (Wildman–Crippen MR) is 58.0 cm³/mol. The maximum atomic E-state index is 11.7. The van der Waals surface area contributed by atoms with Gasteiger partial charge in [0.25, 0.3) is 0 Å². The number of hydrogen-bond donors (Lipinski definition) is 2. The second kappa shape index (κ2) is 4.60. The van der Waals surface area contributed by atoms with E-state index >= 15 is 0 Å². The molecular formula is C11H20N2O. The normalized spacial score (nSPS) is 17.6. The minimum atomic E-state index is 0.0858. The molecule has 14 heavy (non-hydrogen) atoms. The van der Waals surface area contributed by atoms with Crippen LogP contribution < -0.4 is 10.6 Å². The highest BCUT2D eigenvalue weighted by Gasteiger charge is 2.17. The average Bonchev–Trinajstić information content (AvgIpc) is 2.00. The molecule has 0 saturated carbocycles. The van der Waals surface area contributed by atoms with Crippen molar-refractivity contribution in [1.82, 2.24) is 10.6 Å². The standard InChI is InChI=1S/C11H20N2O/c1-7(2)9(4)13-11(14)8(3)10-5-12-6-10/h7,9,12H,5-6H2,1-4H3,(H,13,14). The van der Waals surface area contributed by atoms with Crippen molar-refractivity contribution in [2.24, 2.45) is 5.92 Å². The molecule has 1 heterocycles. The fourth-order valence-corrected chi connectivity index (χ4v) is 1.16. The van der Waals surface area contributed by atoms with E-state index in [1.54, 1.807) is 0 Å². The summed E-state index contributed by atoms with van der Waals surface area (Å²) in [4.78, 5) is 11.7. The summed E-state index contributed by atoms with van der Waals surface area (Å²) in [7, 11) is 0. The lowest BCUT2D eigenvalue weighted by Gasteiger charge is -2.23. The first-order valence-electron chi connectivity index (χ1n) is 5.22. The SMILES string of the molecule is CC(C(=O)NC(C)C(C)C)=C1CNC1. The summed E-state index contributed by atoms with van der Waals surface area (Å²) in [6.45, 7) is 9.90. The third-order valence-electron chi connectivity index (χ3n) is 2.91. The molecule has 1 fully saturated rings. The van der Waals surface area contributed by atoms with Gasteiger partial charge in [0.1, 0.15) is 0 Å². The van der Waals surface area contributed by atoms with Crippen molar-refractivity contribution >= 4 is 5.91 Å². The molecule has 1 aliphatic heterocycles. The first-order chi connectivity index (χ1) is 6.52. The summed E-state index contributed by atoms with van der Waals surface area (Å²) in [5.74, 6) is 0.568. The van der Waals surface area contributed by atoms with Gasteiger partial charge in [-0.05, 0) is 25.3 Å². The molecule has 1 atom stereocenters. The average molecular weight is 196 g/mol. The van der Waals surface area contributed by atoms with Crippen LogP contribution in [0.5, 0.6) is 0 Å². The number of rotatable bonds is 3. The molecule has 2 N–H and O–H groups in total. The molecule has 1 rings (SSSR count). The second-order valence-corrected chi connectivity index (χ2v) is 4.34. The van der Waals surface area contributed by atoms with E-state index in [0.717, 1.165) is 18.7 Å². The van der Waals surface area contributed by atoms with Crippen molar-refractivity contribution in [2.45, 2.75) is 33.7 Å².